The molecule has 4 heterocycles. The van der Waals surface area contributed by atoms with Crippen LogP contribution in [-0.4, -0.2) is 80.1 Å². The number of aromatic nitrogens is 1. The Morgan fingerprint density at radius 3 is 2.53 bits per heavy atom. The summed E-state index contributed by atoms with van der Waals surface area (Å²) in [6, 6.07) is 8.54. The number of aliphatic imine (C=N–C) groups is 1. The second-order valence-electron chi connectivity index (χ2n) is 8.53. The minimum absolute atomic E-state index is 0.222. The van der Waals surface area contributed by atoms with E-state index in [1.807, 2.05) is 19.3 Å². The van der Waals surface area contributed by atoms with Crippen LogP contribution in [0, 0.1) is 0 Å². The van der Waals surface area contributed by atoms with Crippen molar-refractivity contribution < 1.29 is 4.42 Å². The molecular weight excluding hydrogens is 402 g/mol. The van der Waals surface area contributed by atoms with E-state index in [0.29, 0.717) is 6.54 Å². The first-order chi connectivity index (χ1) is 15.8. The highest BCUT2D eigenvalue weighted by Gasteiger charge is 2.25. The Kier molecular flexibility index (Phi) is 8.01. The molecule has 0 saturated carbocycles. The third-order valence-corrected chi connectivity index (χ3v) is 6.55. The molecule has 8 heteroatoms. The van der Waals surface area contributed by atoms with E-state index in [-0.39, 0.29) is 6.04 Å². The van der Waals surface area contributed by atoms with E-state index in [0.717, 1.165) is 75.5 Å². The molecule has 174 valence electrons. The summed E-state index contributed by atoms with van der Waals surface area (Å²) in [5, 5.41) is 6.90. The van der Waals surface area contributed by atoms with E-state index in [9.17, 15) is 0 Å². The smallest absolute Gasteiger partial charge is 0.191 e. The number of guanidine groups is 1. The van der Waals surface area contributed by atoms with Crippen LogP contribution in [0.15, 0.2) is 46.1 Å². The lowest BCUT2D eigenvalue weighted by atomic mass is 10.2. The van der Waals surface area contributed by atoms with E-state index in [2.05, 4.69) is 55.4 Å². The molecule has 0 radical (unpaired) electrons. The molecule has 0 amide bonds. The monoisotopic (exact) mass is 439 g/mol. The van der Waals surface area contributed by atoms with Gasteiger partial charge in [-0.2, -0.15) is 0 Å². The topological polar surface area (TPSA) is 72.2 Å². The van der Waals surface area contributed by atoms with Gasteiger partial charge < -0.3 is 24.9 Å². The molecule has 2 saturated heterocycles. The summed E-state index contributed by atoms with van der Waals surface area (Å²) >= 11 is 0. The standard InChI is InChI=1S/C24H37N7O/c1-3-29-12-14-31(15-13-29)23-9-8-20(17-26-23)18-27-24(25-2)28-19-21(22-7-6-16-32-22)30-10-4-5-11-30/h6-9,16-17,21H,3-5,10-15,18-19H2,1-2H3,(H2,25,27,28). The van der Waals surface area contributed by atoms with Crippen molar-refractivity contribution in [3.05, 3.63) is 48.0 Å². The molecule has 1 unspecified atom stereocenters. The zero-order valence-electron chi connectivity index (χ0n) is 19.5. The van der Waals surface area contributed by atoms with Crippen LogP contribution in [0.1, 0.15) is 37.1 Å². The minimum atomic E-state index is 0.222. The number of hydrogen-bond donors (Lipinski definition) is 2. The van der Waals surface area contributed by atoms with E-state index in [1.165, 1.54) is 12.8 Å². The molecule has 2 aliphatic rings. The molecule has 0 spiro atoms. The number of nitrogens with one attached hydrogen (secondary N) is 2. The zero-order valence-corrected chi connectivity index (χ0v) is 19.5. The maximum atomic E-state index is 5.72. The maximum Gasteiger partial charge on any atom is 0.191 e. The lowest BCUT2D eigenvalue weighted by molar-refractivity contribution is 0.215. The molecule has 0 aliphatic carbocycles. The van der Waals surface area contributed by atoms with Crippen molar-refractivity contribution >= 4 is 11.8 Å². The van der Waals surface area contributed by atoms with Crippen molar-refractivity contribution in [2.75, 3.05) is 64.3 Å². The Hall–Kier alpha value is -2.58. The van der Waals surface area contributed by atoms with Crippen LogP contribution in [-0.2, 0) is 6.54 Å². The van der Waals surface area contributed by atoms with Crippen molar-refractivity contribution in [3.63, 3.8) is 0 Å². The van der Waals surface area contributed by atoms with Crippen molar-refractivity contribution in [2.45, 2.75) is 32.4 Å². The highest BCUT2D eigenvalue weighted by atomic mass is 16.3. The van der Waals surface area contributed by atoms with Crippen LogP contribution >= 0.6 is 0 Å². The molecule has 2 aromatic rings. The Balaban J connectivity index is 1.27. The first-order valence-corrected chi connectivity index (χ1v) is 11.9. The normalized spacial score (nSPS) is 19.3. The number of nitrogens with zero attached hydrogens (tertiary/aromatic N) is 5. The number of anilines is 1. The van der Waals surface area contributed by atoms with Crippen LogP contribution in [0.5, 0.6) is 0 Å². The summed E-state index contributed by atoms with van der Waals surface area (Å²) in [7, 11) is 1.81. The molecule has 1 atom stereocenters. The largest absolute Gasteiger partial charge is 0.468 e. The molecule has 2 aromatic heterocycles. The molecule has 4 rings (SSSR count). The SMILES string of the molecule is CCN1CCN(c2ccc(CNC(=NC)NCC(c3ccco3)N3CCCC3)cn2)CC1. The highest BCUT2D eigenvalue weighted by molar-refractivity contribution is 5.79. The van der Waals surface area contributed by atoms with Gasteiger partial charge in [0.05, 0.1) is 12.3 Å². The molecule has 2 fully saturated rings. The average molecular weight is 440 g/mol. The van der Waals surface area contributed by atoms with Crippen LogP contribution in [0.4, 0.5) is 5.82 Å². The number of piperazine rings is 1. The molecule has 0 aromatic carbocycles. The summed E-state index contributed by atoms with van der Waals surface area (Å²) in [5.74, 6) is 2.87. The molecule has 8 nitrogen and oxygen atoms in total. The Morgan fingerprint density at radius 2 is 1.91 bits per heavy atom. The third kappa shape index (κ3) is 5.81. The molecule has 2 aliphatic heterocycles. The number of pyridine rings is 1. The predicted octanol–water partition coefficient (Wildman–Crippen LogP) is 2.32. The molecular formula is C24H37N7O. The molecule has 2 N–H and O–H groups in total. The number of rotatable bonds is 8. The number of furan rings is 1. The van der Waals surface area contributed by atoms with Gasteiger partial charge in [-0.3, -0.25) is 9.89 Å². The predicted molar refractivity (Wildman–Crippen MR) is 129 cm³/mol. The van der Waals surface area contributed by atoms with Gasteiger partial charge in [-0.05, 0) is 56.2 Å². The van der Waals surface area contributed by atoms with Gasteiger partial charge >= 0.3 is 0 Å². The van der Waals surface area contributed by atoms with Gasteiger partial charge in [0, 0.05) is 52.5 Å². The summed E-state index contributed by atoms with van der Waals surface area (Å²) in [4.78, 5) is 16.4. The van der Waals surface area contributed by atoms with Crippen LogP contribution < -0.4 is 15.5 Å². The zero-order chi connectivity index (χ0) is 22.2. The molecule has 0 bridgehead atoms. The number of likely N-dealkylation sites (N-methyl/N-ethyl adjacent to an activating group) is 1. The van der Waals surface area contributed by atoms with Gasteiger partial charge in [0.25, 0.3) is 0 Å². The van der Waals surface area contributed by atoms with Crippen molar-refractivity contribution in [3.8, 4) is 0 Å². The molecule has 32 heavy (non-hydrogen) atoms. The summed E-state index contributed by atoms with van der Waals surface area (Å²) in [6.45, 7) is 11.3. The van der Waals surface area contributed by atoms with Crippen molar-refractivity contribution in [1.29, 1.82) is 0 Å². The fourth-order valence-electron chi connectivity index (χ4n) is 4.55. The lowest BCUT2D eigenvalue weighted by Gasteiger charge is -2.34. The van der Waals surface area contributed by atoms with Gasteiger partial charge in [0.2, 0.25) is 0 Å². The summed E-state index contributed by atoms with van der Waals surface area (Å²) in [5.41, 5.74) is 1.14. The van der Waals surface area contributed by atoms with E-state index in [1.54, 1.807) is 6.26 Å². The van der Waals surface area contributed by atoms with Crippen molar-refractivity contribution in [2.24, 2.45) is 4.99 Å². The van der Waals surface area contributed by atoms with Gasteiger partial charge in [-0.1, -0.05) is 13.0 Å². The van der Waals surface area contributed by atoms with E-state index >= 15 is 0 Å². The fourth-order valence-corrected chi connectivity index (χ4v) is 4.55. The highest BCUT2D eigenvalue weighted by Crippen LogP contribution is 2.24. The van der Waals surface area contributed by atoms with Gasteiger partial charge in [-0.15, -0.1) is 0 Å². The van der Waals surface area contributed by atoms with Gasteiger partial charge in [-0.25, -0.2) is 4.98 Å². The third-order valence-electron chi connectivity index (χ3n) is 6.55. The first-order valence-electron chi connectivity index (χ1n) is 11.9. The average Bonchev–Trinajstić information content (AvgIpc) is 3.57. The second kappa shape index (κ2) is 11.3. The maximum absolute atomic E-state index is 5.72. The van der Waals surface area contributed by atoms with Crippen LogP contribution in [0.3, 0.4) is 0 Å². The van der Waals surface area contributed by atoms with Crippen LogP contribution in [0.2, 0.25) is 0 Å². The quantitative estimate of drug-likeness (QED) is 0.483. The van der Waals surface area contributed by atoms with Crippen LogP contribution in [0.25, 0.3) is 0 Å². The fraction of sp³-hybridized carbons (Fsp3) is 0.583. The van der Waals surface area contributed by atoms with E-state index in [4.69, 9.17) is 9.40 Å². The number of hydrogen-bond acceptors (Lipinski definition) is 6. The Labute approximate surface area is 191 Å². The lowest BCUT2D eigenvalue weighted by Crippen LogP contribution is -2.46. The summed E-state index contributed by atoms with van der Waals surface area (Å²) < 4.78 is 5.72. The first kappa shape index (κ1) is 22.6. The summed E-state index contributed by atoms with van der Waals surface area (Å²) in [6.07, 6.45) is 6.23. The van der Waals surface area contributed by atoms with Gasteiger partial charge in [0.15, 0.2) is 5.96 Å². The second-order valence-corrected chi connectivity index (χ2v) is 8.53. The van der Waals surface area contributed by atoms with Crippen molar-refractivity contribution in [1.82, 2.24) is 25.4 Å². The van der Waals surface area contributed by atoms with E-state index < -0.39 is 0 Å². The minimum Gasteiger partial charge on any atom is -0.468 e. The Morgan fingerprint density at radius 1 is 1.09 bits per heavy atom. The Bertz CT molecular complexity index is 823. The van der Waals surface area contributed by atoms with Gasteiger partial charge in [0.1, 0.15) is 11.6 Å². The number of likely N-dealkylation sites (tertiary alicyclic amines) is 1.